The van der Waals surface area contributed by atoms with E-state index in [1.54, 1.807) is 11.3 Å². The molecule has 2 rings (SSSR count). The van der Waals surface area contributed by atoms with Gasteiger partial charge in [0.1, 0.15) is 0 Å². The van der Waals surface area contributed by atoms with E-state index in [-0.39, 0.29) is 0 Å². The first-order chi connectivity index (χ1) is 6.72. The Morgan fingerprint density at radius 2 is 1.79 bits per heavy atom. The molecule has 0 aromatic carbocycles. The third-order valence-electron chi connectivity index (χ3n) is 3.05. The Hall–Kier alpha value is 0.140. The minimum Gasteiger partial charge on any atom is -0.385 e. The second kappa shape index (κ2) is 4.33. The molecule has 0 bridgehead atoms. The molecule has 14 heavy (non-hydrogen) atoms. The fourth-order valence-electron chi connectivity index (χ4n) is 2.20. The van der Waals surface area contributed by atoms with Crippen molar-refractivity contribution in [2.24, 2.45) is 0 Å². The Morgan fingerprint density at radius 3 is 2.29 bits per heavy atom. The average Bonchev–Trinajstić information content (AvgIpc) is 2.46. The van der Waals surface area contributed by atoms with Crippen LogP contribution in [-0.4, -0.2) is 5.11 Å². The summed E-state index contributed by atoms with van der Waals surface area (Å²) in [5.74, 6) is 0. The first kappa shape index (κ1) is 10.7. The van der Waals surface area contributed by atoms with E-state index in [1.807, 2.05) is 0 Å². The lowest BCUT2D eigenvalue weighted by Gasteiger charge is -2.26. The van der Waals surface area contributed by atoms with Crippen LogP contribution in [0.15, 0.2) is 15.2 Å². The number of aliphatic hydroxyl groups is 1. The van der Waals surface area contributed by atoms with Crippen LogP contribution in [0.25, 0.3) is 0 Å². The molecule has 1 nitrogen and oxygen atoms in total. The van der Waals surface area contributed by atoms with Crippen molar-refractivity contribution >= 4 is 27.3 Å². The van der Waals surface area contributed by atoms with Gasteiger partial charge in [-0.2, -0.15) is 11.3 Å². The van der Waals surface area contributed by atoms with Crippen LogP contribution >= 0.6 is 27.3 Å². The molecule has 78 valence electrons. The van der Waals surface area contributed by atoms with Gasteiger partial charge in [0.2, 0.25) is 0 Å². The molecule has 1 aromatic rings. The van der Waals surface area contributed by atoms with Crippen LogP contribution in [0.1, 0.15) is 44.1 Å². The Bertz CT molecular complexity index is 300. The zero-order valence-corrected chi connectivity index (χ0v) is 10.5. The van der Waals surface area contributed by atoms with E-state index in [4.69, 9.17) is 0 Å². The smallest absolute Gasteiger partial charge is 0.0915 e. The molecule has 1 saturated carbocycles. The van der Waals surface area contributed by atoms with Crippen LogP contribution in [0, 0.1) is 0 Å². The van der Waals surface area contributed by atoms with Crippen molar-refractivity contribution in [2.75, 3.05) is 0 Å². The molecule has 0 radical (unpaired) electrons. The van der Waals surface area contributed by atoms with Crippen LogP contribution in [0.2, 0.25) is 0 Å². The van der Waals surface area contributed by atoms with Gasteiger partial charge in [-0.15, -0.1) is 0 Å². The van der Waals surface area contributed by atoms with E-state index < -0.39 is 5.60 Å². The maximum absolute atomic E-state index is 10.6. The minimum absolute atomic E-state index is 0.560. The highest BCUT2D eigenvalue weighted by molar-refractivity contribution is 9.10. The summed E-state index contributed by atoms with van der Waals surface area (Å²) < 4.78 is 1.08. The lowest BCUT2D eigenvalue weighted by molar-refractivity contribution is 0.0205. The molecule has 1 fully saturated rings. The number of rotatable bonds is 1. The van der Waals surface area contributed by atoms with Gasteiger partial charge >= 0.3 is 0 Å². The van der Waals surface area contributed by atoms with Gasteiger partial charge < -0.3 is 5.11 Å². The van der Waals surface area contributed by atoms with E-state index in [0.717, 1.165) is 35.7 Å². The highest BCUT2D eigenvalue weighted by atomic mass is 79.9. The number of halogens is 1. The first-order valence-corrected chi connectivity index (χ1v) is 6.90. The van der Waals surface area contributed by atoms with Crippen molar-refractivity contribution in [1.29, 1.82) is 0 Å². The van der Waals surface area contributed by atoms with Crippen LogP contribution < -0.4 is 0 Å². The summed E-state index contributed by atoms with van der Waals surface area (Å²) in [6.45, 7) is 0. The van der Waals surface area contributed by atoms with E-state index in [9.17, 15) is 5.11 Å². The predicted octanol–water partition coefficient (Wildman–Crippen LogP) is 4.05. The zero-order chi connectivity index (χ0) is 10.0. The Labute approximate surface area is 97.3 Å². The van der Waals surface area contributed by atoms with Gasteiger partial charge in [-0.1, -0.05) is 25.7 Å². The maximum Gasteiger partial charge on any atom is 0.0915 e. The molecule has 1 aliphatic carbocycles. The summed E-state index contributed by atoms with van der Waals surface area (Å²) in [5, 5.41) is 14.7. The van der Waals surface area contributed by atoms with Crippen molar-refractivity contribution in [3.8, 4) is 0 Å². The van der Waals surface area contributed by atoms with E-state index in [0.29, 0.717) is 0 Å². The molecule has 3 heteroatoms. The van der Waals surface area contributed by atoms with Crippen molar-refractivity contribution in [3.05, 3.63) is 20.8 Å². The molecule has 1 heterocycles. The quantitative estimate of drug-likeness (QED) is 0.766. The van der Waals surface area contributed by atoms with E-state index in [1.165, 1.54) is 12.8 Å². The number of thiophene rings is 1. The second-order valence-corrected chi connectivity index (χ2v) is 5.68. The standard InChI is InChI=1S/C11H15BrOS/c12-10-8-14-7-9(10)11(13)5-3-1-2-4-6-11/h7-8,13H,1-6H2. The second-order valence-electron chi connectivity index (χ2n) is 4.08. The summed E-state index contributed by atoms with van der Waals surface area (Å²) in [6, 6.07) is 0. The third-order valence-corrected chi connectivity index (χ3v) is 4.75. The number of hydrogen-bond donors (Lipinski definition) is 1. The fourth-order valence-corrected chi connectivity index (χ4v) is 3.95. The monoisotopic (exact) mass is 274 g/mol. The van der Waals surface area contributed by atoms with Gasteiger partial charge in [-0.3, -0.25) is 0 Å². The van der Waals surface area contributed by atoms with E-state index in [2.05, 4.69) is 26.7 Å². The zero-order valence-electron chi connectivity index (χ0n) is 8.13. The summed E-state index contributed by atoms with van der Waals surface area (Å²) in [7, 11) is 0. The first-order valence-electron chi connectivity index (χ1n) is 5.17. The summed E-state index contributed by atoms with van der Waals surface area (Å²) in [6.07, 6.45) is 6.68. The summed E-state index contributed by atoms with van der Waals surface area (Å²) in [5.41, 5.74) is 0.541. The largest absolute Gasteiger partial charge is 0.385 e. The Balaban J connectivity index is 2.25. The molecule has 0 unspecified atom stereocenters. The molecule has 1 aliphatic rings. The lowest BCUT2D eigenvalue weighted by Crippen LogP contribution is -2.24. The molecular weight excluding hydrogens is 260 g/mol. The number of hydrogen-bond acceptors (Lipinski definition) is 2. The molecule has 1 N–H and O–H groups in total. The third kappa shape index (κ3) is 2.05. The molecule has 0 aliphatic heterocycles. The topological polar surface area (TPSA) is 20.2 Å². The average molecular weight is 275 g/mol. The minimum atomic E-state index is -0.560. The van der Waals surface area contributed by atoms with Crippen LogP contribution in [0.4, 0.5) is 0 Å². The van der Waals surface area contributed by atoms with Crippen molar-refractivity contribution in [3.63, 3.8) is 0 Å². The van der Waals surface area contributed by atoms with Crippen LogP contribution in [-0.2, 0) is 5.60 Å². The van der Waals surface area contributed by atoms with Gasteiger partial charge in [0.15, 0.2) is 0 Å². The van der Waals surface area contributed by atoms with Gasteiger partial charge in [0, 0.05) is 15.4 Å². The van der Waals surface area contributed by atoms with Gasteiger partial charge in [-0.05, 0) is 34.2 Å². The Morgan fingerprint density at radius 1 is 1.14 bits per heavy atom. The van der Waals surface area contributed by atoms with Crippen molar-refractivity contribution < 1.29 is 5.11 Å². The predicted molar refractivity (Wildman–Crippen MR) is 63.6 cm³/mol. The van der Waals surface area contributed by atoms with Gasteiger partial charge in [0.25, 0.3) is 0 Å². The normalized spacial score (nSPS) is 21.9. The van der Waals surface area contributed by atoms with E-state index >= 15 is 0 Å². The van der Waals surface area contributed by atoms with Gasteiger partial charge in [-0.25, -0.2) is 0 Å². The molecule has 1 aromatic heterocycles. The molecule has 0 amide bonds. The van der Waals surface area contributed by atoms with Crippen LogP contribution in [0.3, 0.4) is 0 Å². The maximum atomic E-state index is 10.6. The fraction of sp³-hybridized carbons (Fsp3) is 0.636. The van der Waals surface area contributed by atoms with Crippen LogP contribution in [0.5, 0.6) is 0 Å². The summed E-state index contributed by atoms with van der Waals surface area (Å²) >= 11 is 5.17. The van der Waals surface area contributed by atoms with Crippen molar-refractivity contribution in [2.45, 2.75) is 44.1 Å². The molecule has 0 atom stereocenters. The van der Waals surface area contributed by atoms with Crippen molar-refractivity contribution in [1.82, 2.24) is 0 Å². The molecule has 0 saturated heterocycles. The molecular formula is C11H15BrOS. The highest BCUT2D eigenvalue weighted by Crippen LogP contribution is 2.40. The Kier molecular flexibility index (Phi) is 3.30. The highest BCUT2D eigenvalue weighted by Gasteiger charge is 2.32. The lowest BCUT2D eigenvalue weighted by atomic mass is 9.88. The summed E-state index contributed by atoms with van der Waals surface area (Å²) in [4.78, 5) is 0. The SMILES string of the molecule is OC1(c2cscc2Br)CCCCCC1. The molecule has 0 spiro atoms. The van der Waals surface area contributed by atoms with Gasteiger partial charge in [0.05, 0.1) is 5.60 Å².